The smallest absolute Gasteiger partial charge is 0.0920 e. The third-order valence-corrected chi connectivity index (χ3v) is 1.90. The first-order chi connectivity index (χ1) is 4.31. The molecule has 0 aromatic heterocycles. The van der Waals surface area contributed by atoms with Crippen LogP contribution >= 0.6 is 0 Å². The summed E-state index contributed by atoms with van der Waals surface area (Å²) < 4.78 is 0. The van der Waals surface area contributed by atoms with Gasteiger partial charge in [0.15, 0.2) is 0 Å². The monoisotopic (exact) mass is 140 g/mol. The number of hydrogen-bond donors (Lipinski definition) is 1. The van der Waals surface area contributed by atoms with Crippen molar-refractivity contribution in [1.82, 2.24) is 0 Å². The molecule has 1 heteroatoms. The van der Waals surface area contributed by atoms with Crippen LogP contribution in [0.4, 0.5) is 0 Å². The normalized spacial score (nSPS) is 17.3. The van der Waals surface area contributed by atoms with E-state index in [0.717, 1.165) is 0 Å². The SMILES string of the molecule is C=C=CC(C)(O)C(C)(C)C. The second kappa shape index (κ2) is 2.61. The number of hydrogen-bond acceptors (Lipinski definition) is 1. The van der Waals surface area contributed by atoms with E-state index in [2.05, 4.69) is 12.3 Å². The van der Waals surface area contributed by atoms with Gasteiger partial charge in [-0.25, -0.2) is 0 Å². The third-order valence-electron chi connectivity index (χ3n) is 1.90. The Labute approximate surface area is 63.1 Å². The summed E-state index contributed by atoms with van der Waals surface area (Å²) in [5.41, 5.74) is 1.62. The van der Waals surface area contributed by atoms with E-state index in [1.165, 1.54) is 0 Å². The van der Waals surface area contributed by atoms with E-state index in [-0.39, 0.29) is 5.41 Å². The van der Waals surface area contributed by atoms with Gasteiger partial charge >= 0.3 is 0 Å². The van der Waals surface area contributed by atoms with Crippen molar-refractivity contribution in [2.45, 2.75) is 33.3 Å². The average molecular weight is 140 g/mol. The fourth-order valence-electron chi connectivity index (χ4n) is 0.415. The van der Waals surface area contributed by atoms with Crippen molar-refractivity contribution >= 4 is 0 Å². The van der Waals surface area contributed by atoms with Crippen LogP contribution in [0.1, 0.15) is 27.7 Å². The van der Waals surface area contributed by atoms with Crippen LogP contribution in [0.3, 0.4) is 0 Å². The molecular formula is C9H16O. The summed E-state index contributed by atoms with van der Waals surface area (Å²) in [5.74, 6) is 0. The third kappa shape index (κ3) is 2.02. The second-order valence-electron chi connectivity index (χ2n) is 3.75. The molecule has 0 bridgehead atoms. The van der Waals surface area contributed by atoms with Gasteiger partial charge in [-0.2, -0.15) is 0 Å². The van der Waals surface area contributed by atoms with Crippen molar-refractivity contribution in [3.63, 3.8) is 0 Å². The predicted octanol–water partition coefficient (Wildman–Crippen LogP) is 2.12. The molecule has 1 nitrogen and oxygen atoms in total. The summed E-state index contributed by atoms with van der Waals surface area (Å²) in [4.78, 5) is 0. The van der Waals surface area contributed by atoms with Crippen LogP contribution in [0.15, 0.2) is 18.4 Å². The topological polar surface area (TPSA) is 20.2 Å². The molecule has 0 aliphatic rings. The first kappa shape index (κ1) is 9.48. The van der Waals surface area contributed by atoms with E-state index in [1.807, 2.05) is 20.8 Å². The Morgan fingerprint density at radius 2 is 1.70 bits per heavy atom. The molecule has 0 heterocycles. The summed E-state index contributed by atoms with van der Waals surface area (Å²) in [6.45, 7) is 11.1. The fraction of sp³-hybridized carbons (Fsp3) is 0.667. The Balaban J connectivity index is 4.56. The molecule has 0 aromatic rings. The number of rotatable bonds is 1. The van der Waals surface area contributed by atoms with E-state index in [1.54, 1.807) is 13.0 Å². The van der Waals surface area contributed by atoms with Crippen molar-refractivity contribution in [2.75, 3.05) is 0 Å². The maximum atomic E-state index is 9.69. The second-order valence-corrected chi connectivity index (χ2v) is 3.75. The Morgan fingerprint density at radius 3 is 1.80 bits per heavy atom. The summed E-state index contributed by atoms with van der Waals surface area (Å²) in [6.07, 6.45) is 1.59. The van der Waals surface area contributed by atoms with Gasteiger partial charge in [-0.3, -0.25) is 0 Å². The highest BCUT2D eigenvalue weighted by Gasteiger charge is 2.32. The highest BCUT2D eigenvalue weighted by atomic mass is 16.3. The minimum atomic E-state index is -0.811. The molecule has 0 saturated carbocycles. The summed E-state index contributed by atoms with van der Waals surface area (Å²) in [5, 5.41) is 9.69. The fourth-order valence-corrected chi connectivity index (χ4v) is 0.415. The molecule has 10 heavy (non-hydrogen) atoms. The highest BCUT2D eigenvalue weighted by Crippen LogP contribution is 2.30. The van der Waals surface area contributed by atoms with Crippen LogP contribution in [-0.2, 0) is 0 Å². The van der Waals surface area contributed by atoms with Crippen molar-refractivity contribution in [1.29, 1.82) is 0 Å². The van der Waals surface area contributed by atoms with Gasteiger partial charge in [-0.05, 0) is 18.4 Å². The van der Waals surface area contributed by atoms with Crippen LogP contribution in [-0.4, -0.2) is 10.7 Å². The maximum absolute atomic E-state index is 9.69. The van der Waals surface area contributed by atoms with Crippen molar-refractivity contribution in [2.24, 2.45) is 5.41 Å². The maximum Gasteiger partial charge on any atom is 0.0920 e. The summed E-state index contributed by atoms with van der Waals surface area (Å²) in [6, 6.07) is 0. The zero-order valence-corrected chi connectivity index (χ0v) is 7.23. The molecule has 0 radical (unpaired) electrons. The molecule has 0 aromatic carbocycles. The van der Waals surface area contributed by atoms with Gasteiger partial charge in [0.1, 0.15) is 0 Å². The van der Waals surface area contributed by atoms with Crippen LogP contribution in [0.5, 0.6) is 0 Å². The van der Waals surface area contributed by atoms with E-state index in [0.29, 0.717) is 0 Å². The minimum absolute atomic E-state index is 0.155. The molecule has 0 rings (SSSR count). The standard InChI is InChI=1S/C9H16O/c1-6-7-9(5,10)8(2,3)4/h7,10H,1H2,2-5H3. The van der Waals surface area contributed by atoms with E-state index < -0.39 is 5.60 Å². The molecule has 1 atom stereocenters. The molecule has 0 aliphatic carbocycles. The molecule has 0 saturated heterocycles. The Bertz CT molecular complexity index is 154. The van der Waals surface area contributed by atoms with Crippen LogP contribution in [0.25, 0.3) is 0 Å². The van der Waals surface area contributed by atoms with Gasteiger partial charge in [0.25, 0.3) is 0 Å². The lowest BCUT2D eigenvalue weighted by atomic mass is 9.78. The van der Waals surface area contributed by atoms with E-state index >= 15 is 0 Å². The predicted molar refractivity (Wildman–Crippen MR) is 43.8 cm³/mol. The van der Waals surface area contributed by atoms with Gasteiger partial charge in [0.05, 0.1) is 5.60 Å². The molecule has 1 unspecified atom stereocenters. The summed E-state index contributed by atoms with van der Waals surface area (Å²) >= 11 is 0. The quantitative estimate of drug-likeness (QED) is 0.553. The lowest BCUT2D eigenvalue weighted by molar-refractivity contribution is 0.00382. The molecule has 0 fully saturated rings. The van der Waals surface area contributed by atoms with Crippen molar-refractivity contribution < 1.29 is 5.11 Å². The van der Waals surface area contributed by atoms with Crippen molar-refractivity contribution in [3.8, 4) is 0 Å². The molecule has 58 valence electrons. The molecule has 0 amide bonds. The van der Waals surface area contributed by atoms with Gasteiger partial charge in [-0.1, -0.05) is 27.4 Å². The zero-order chi connectivity index (χ0) is 8.41. The lowest BCUT2D eigenvalue weighted by Crippen LogP contribution is -2.37. The van der Waals surface area contributed by atoms with E-state index in [9.17, 15) is 5.11 Å². The lowest BCUT2D eigenvalue weighted by Gasteiger charge is -2.33. The van der Waals surface area contributed by atoms with Gasteiger partial charge < -0.3 is 5.11 Å². The Morgan fingerprint density at radius 1 is 1.30 bits per heavy atom. The minimum Gasteiger partial charge on any atom is -0.385 e. The van der Waals surface area contributed by atoms with Crippen molar-refractivity contribution in [3.05, 3.63) is 18.4 Å². The molecule has 0 spiro atoms. The van der Waals surface area contributed by atoms with E-state index in [4.69, 9.17) is 0 Å². The first-order valence-electron chi connectivity index (χ1n) is 3.40. The largest absolute Gasteiger partial charge is 0.385 e. The summed E-state index contributed by atoms with van der Waals surface area (Å²) in [7, 11) is 0. The molecular weight excluding hydrogens is 124 g/mol. The molecule has 0 aliphatic heterocycles. The first-order valence-corrected chi connectivity index (χ1v) is 3.40. The van der Waals surface area contributed by atoms with Gasteiger partial charge in [-0.15, -0.1) is 5.73 Å². The van der Waals surface area contributed by atoms with Crippen LogP contribution < -0.4 is 0 Å². The van der Waals surface area contributed by atoms with Gasteiger partial charge in [0.2, 0.25) is 0 Å². The Kier molecular flexibility index (Phi) is 2.48. The van der Waals surface area contributed by atoms with Crippen LogP contribution in [0, 0.1) is 5.41 Å². The molecule has 1 N–H and O–H groups in total. The average Bonchev–Trinajstić information content (AvgIpc) is 1.61. The van der Waals surface area contributed by atoms with Crippen LogP contribution in [0.2, 0.25) is 0 Å². The highest BCUT2D eigenvalue weighted by molar-refractivity contribution is 5.02. The van der Waals surface area contributed by atoms with Gasteiger partial charge in [0, 0.05) is 0 Å². The zero-order valence-electron chi connectivity index (χ0n) is 7.23. The Hall–Kier alpha value is -0.520. The number of aliphatic hydroxyl groups is 1.